The highest BCUT2D eigenvalue weighted by molar-refractivity contribution is 7.99. The second kappa shape index (κ2) is 8.40. The van der Waals surface area contributed by atoms with Gasteiger partial charge in [0, 0.05) is 12.1 Å². The fraction of sp³-hybridized carbons (Fsp3) is 0.190. The summed E-state index contributed by atoms with van der Waals surface area (Å²) in [4.78, 5) is 12.4. The van der Waals surface area contributed by atoms with Crippen molar-refractivity contribution in [1.82, 2.24) is 14.8 Å². The van der Waals surface area contributed by atoms with Gasteiger partial charge in [0.05, 0.1) is 5.75 Å². The molecule has 0 unspecified atom stereocenters. The first kappa shape index (κ1) is 19.1. The van der Waals surface area contributed by atoms with Gasteiger partial charge in [-0.05, 0) is 36.4 Å². The molecule has 148 valence electrons. The zero-order valence-electron chi connectivity index (χ0n) is 15.5. The summed E-state index contributed by atoms with van der Waals surface area (Å²) in [5.41, 5.74) is 0.533. The minimum atomic E-state index is -0.403. The largest absolute Gasteiger partial charge is 0.508 e. The Labute approximate surface area is 172 Å². The zero-order chi connectivity index (χ0) is 20.2. The summed E-state index contributed by atoms with van der Waals surface area (Å²) in [7, 11) is 0. The number of phenolic OH excluding ortho intramolecular Hbond substituents is 1. The third-order valence-electron chi connectivity index (χ3n) is 4.38. The van der Waals surface area contributed by atoms with E-state index in [1.54, 1.807) is 18.2 Å². The molecule has 3 aromatic rings. The number of phenols is 1. The third-order valence-corrected chi connectivity index (χ3v) is 5.34. The number of allylic oxidation sites excluding steroid dienone is 1. The maximum atomic E-state index is 12.4. The molecule has 8 heteroatoms. The number of rotatable bonds is 7. The number of aromatic hydroxyl groups is 1. The van der Waals surface area contributed by atoms with Gasteiger partial charge in [0.1, 0.15) is 12.4 Å². The van der Waals surface area contributed by atoms with Crippen molar-refractivity contribution in [3.63, 3.8) is 0 Å². The highest BCUT2D eigenvalue weighted by Gasteiger charge is 2.28. The van der Waals surface area contributed by atoms with Gasteiger partial charge in [0.25, 0.3) is 0 Å². The van der Waals surface area contributed by atoms with E-state index in [-0.39, 0.29) is 17.3 Å². The van der Waals surface area contributed by atoms with Crippen LogP contribution in [0.1, 0.15) is 22.3 Å². The van der Waals surface area contributed by atoms with Gasteiger partial charge < -0.3 is 14.6 Å². The molecule has 2 aromatic carbocycles. The van der Waals surface area contributed by atoms with E-state index >= 15 is 0 Å². The molecule has 1 aromatic heterocycles. The van der Waals surface area contributed by atoms with Crippen LogP contribution in [0.2, 0.25) is 0 Å². The van der Waals surface area contributed by atoms with Gasteiger partial charge in [-0.15, -0.1) is 16.8 Å². The lowest BCUT2D eigenvalue weighted by Crippen LogP contribution is -2.25. The number of Topliss-reactive ketones (excluding diaryl/α,β-unsaturated/α-hetero) is 1. The average molecular weight is 409 g/mol. The van der Waals surface area contributed by atoms with Crippen LogP contribution in [0.15, 0.2) is 66.3 Å². The molecule has 0 bridgehead atoms. The van der Waals surface area contributed by atoms with Crippen LogP contribution < -0.4 is 9.47 Å². The minimum Gasteiger partial charge on any atom is -0.508 e. The number of thioether (sulfide) groups is 1. The van der Waals surface area contributed by atoms with Crippen LogP contribution >= 0.6 is 11.8 Å². The van der Waals surface area contributed by atoms with Crippen LogP contribution in [-0.4, -0.2) is 38.0 Å². The van der Waals surface area contributed by atoms with Crippen LogP contribution in [0.4, 0.5) is 0 Å². The summed E-state index contributed by atoms with van der Waals surface area (Å²) in [5.74, 6) is 2.25. The molecular weight excluding hydrogens is 390 g/mol. The molecule has 0 aliphatic carbocycles. The topological polar surface area (TPSA) is 86.5 Å². The Hall–Kier alpha value is -3.26. The molecule has 1 atom stereocenters. The lowest BCUT2D eigenvalue weighted by Gasteiger charge is -2.26. The van der Waals surface area contributed by atoms with Crippen LogP contribution in [0.5, 0.6) is 17.2 Å². The van der Waals surface area contributed by atoms with Crippen molar-refractivity contribution in [2.45, 2.75) is 17.8 Å². The van der Waals surface area contributed by atoms with Crippen LogP contribution in [0, 0.1) is 0 Å². The lowest BCUT2D eigenvalue weighted by atomic mass is 10.1. The predicted octanol–water partition coefficient (Wildman–Crippen LogP) is 3.66. The van der Waals surface area contributed by atoms with E-state index in [2.05, 4.69) is 16.8 Å². The molecule has 4 rings (SSSR count). The number of ketones is 1. The normalized spacial score (nSPS) is 15.1. The molecule has 0 radical (unpaired) electrons. The number of carbonyl (C=O) groups excluding carboxylic acids is 1. The van der Waals surface area contributed by atoms with Crippen LogP contribution in [-0.2, 0) is 6.54 Å². The van der Waals surface area contributed by atoms with Gasteiger partial charge in [-0.2, -0.15) is 0 Å². The fourth-order valence-electron chi connectivity index (χ4n) is 2.95. The SMILES string of the molecule is C=CCn1c(SCC(=O)c2ccc(O)cc2)nnc1[C@@H]1COc2ccccc2O1. The molecule has 1 aliphatic heterocycles. The van der Waals surface area contributed by atoms with E-state index < -0.39 is 6.10 Å². The Morgan fingerprint density at radius 2 is 1.97 bits per heavy atom. The van der Waals surface area contributed by atoms with Crippen molar-refractivity contribution in [3.05, 3.63) is 72.6 Å². The van der Waals surface area contributed by atoms with Crippen molar-refractivity contribution < 1.29 is 19.4 Å². The average Bonchev–Trinajstić information content (AvgIpc) is 3.15. The molecule has 2 heterocycles. The van der Waals surface area contributed by atoms with Gasteiger partial charge in [0.2, 0.25) is 0 Å². The number of hydrogen-bond acceptors (Lipinski definition) is 7. The summed E-state index contributed by atoms with van der Waals surface area (Å²) in [6.07, 6.45) is 1.34. The second-order valence-corrected chi connectivity index (χ2v) is 7.31. The predicted molar refractivity (Wildman–Crippen MR) is 109 cm³/mol. The number of benzene rings is 2. The van der Waals surface area contributed by atoms with Gasteiger partial charge in [-0.3, -0.25) is 9.36 Å². The monoisotopic (exact) mass is 409 g/mol. The zero-order valence-corrected chi connectivity index (χ0v) is 16.3. The maximum Gasteiger partial charge on any atom is 0.192 e. The Kier molecular flexibility index (Phi) is 5.53. The Balaban J connectivity index is 1.50. The standard InChI is InChI=1S/C21H19N3O4S/c1-2-11-24-20(19-12-27-17-5-3-4-6-18(17)28-19)22-23-21(24)29-13-16(26)14-7-9-15(25)10-8-14/h2-10,19,25H,1,11-13H2/t19-/m0/s1. The number of ether oxygens (including phenoxy) is 2. The molecule has 0 saturated carbocycles. The fourth-order valence-corrected chi connectivity index (χ4v) is 3.80. The third kappa shape index (κ3) is 4.12. The molecule has 1 N–H and O–H groups in total. The van der Waals surface area contributed by atoms with E-state index in [1.807, 2.05) is 28.8 Å². The van der Waals surface area contributed by atoms with E-state index in [1.165, 1.54) is 23.9 Å². The molecular formula is C21H19N3O4S. The number of carbonyl (C=O) groups is 1. The molecule has 1 aliphatic rings. The first-order valence-electron chi connectivity index (χ1n) is 9.03. The maximum absolute atomic E-state index is 12.4. The highest BCUT2D eigenvalue weighted by atomic mass is 32.2. The van der Waals surface area contributed by atoms with E-state index in [0.29, 0.717) is 41.2 Å². The lowest BCUT2D eigenvalue weighted by molar-refractivity contribution is 0.0821. The Bertz CT molecular complexity index is 1030. The first-order valence-corrected chi connectivity index (χ1v) is 10.0. The number of aromatic nitrogens is 3. The quantitative estimate of drug-likeness (QED) is 0.362. The van der Waals surface area contributed by atoms with E-state index in [9.17, 15) is 9.90 Å². The summed E-state index contributed by atoms with van der Waals surface area (Å²) in [5, 5.41) is 18.5. The number of para-hydroxylation sites is 2. The second-order valence-electron chi connectivity index (χ2n) is 6.36. The molecule has 0 saturated heterocycles. The molecule has 7 nitrogen and oxygen atoms in total. The van der Waals surface area contributed by atoms with Crippen LogP contribution in [0.25, 0.3) is 0 Å². The number of fused-ring (bicyclic) bond motifs is 1. The van der Waals surface area contributed by atoms with Crippen molar-refractivity contribution in [3.8, 4) is 17.2 Å². The summed E-state index contributed by atoms with van der Waals surface area (Å²) in [6, 6.07) is 13.7. The van der Waals surface area contributed by atoms with Gasteiger partial charge in [-0.1, -0.05) is 30.0 Å². The Morgan fingerprint density at radius 1 is 1.21 bits per heavy atom. The molecule has 0 amide bonds. The first-order chi connectivity index (χ1) is 14.2. The summed E-state index contributed by atoms with van der Waals surface area (Å²) >= 11 is 1.30. The Morgan fingerprint density at radius 3 is 2.72 bits per heavy atom. The van der Waals surface area contributed by atoms with Crippen molar-refractivity contribution >= 4 is 17.5 Å². The minimum absolute atomic E-state index is 0.0594. The van der Waals surface area contributed by atoms with Crippen molar-refractivity contribution in [2.75, 3.05) is 12.4 Å². The highest BCUT2D eigenvalue weighted by Crippen LogP contribution is 2.36. The number of nitrogens with zero attached hydrogens (tertiary/aromatic N) is 3. The summed E-state index contributed by atoms with van der Waals surface area (Å²) < 4.78 is 13.7. The van der Waals surface area contributed by atoms with Gasteiger partial charge in [0.15, 0.2) is 34.4 Å². The van der Waals surface area contributed by atoms with Crippen molar-refractivity contribution in [1.29, 1.82) is 0 Å². The van der Waals surface area contributed by atoms with Gasteiger partial charge in [-0.25, -0.2) is 0 Å². The van der Waals surface area contributed by atoms with E-state index in [0.717, 1.165) is 0 Å². The van der Waals surface area contributed by atoms with Crippen LogP contribution in [0.3, 0.4) is 0 Å². The molecule has 0 spiro atoms. The summed E-state index contributed by atoms with van der Waals surface area (Å²) in [6.45, 7) is 4.61. The smallest absolute Gasteiger partial charge is 0.192 e. The number of hydrogen-bond donors (Lipinski definition) is 1. The molecule has 29 heavy (non-hydrogen) atoms. The molecule has 0 fully saturated rings. The van der Waals surface area contributed by atoms with Crippen molar-refractivity contribution in [2.24, 2.45) is 0 Å². The van der Waals surface area contributed by atoms with Gasteiger partial charge >= 0.3 is 0 Å². The van der Waals surface area contributed by atoms with E-state index in [4.69, 9.17) is 9.47 Å².